The summed E-state index contributed by atoms with van der Waals surface area (Å²) in [6, 6.07) is 10.5. The molecule has 2 N–H and O–H groups in total. The van der Waals surface area contributed by atoms with E-state index in [1.165, 1.54) is 11.3 Å². The Kier molecular flexibility index (Phi) is 4.94. The third-order valence-electron chi connectivity index (χ3n) is 4.44. The van der Waals surface area contributed by atoms with Gasteiger partial charge < -0.3 is 10.2 Å². The molecule has 22 heavy (non-hydrogen) atoms. The maximum Gasteiger partial charge on any atom is 0.196 e. The Morgan fingerprint density at radius 2 is 1.86 bits per heavy atom. The van der Waals surface area contributed by atoms with Crippen LogP contribution in [-0.4, -0.2) is 22.9 Å². The summed E-state index contributed by atoms with van der Waals surface area (Å²) in [5, 5.41) is 11.8. The van der Waals surface area contributed by atoms with Gasteiger partial charge in [-0.15, -0.1) is 0 Å². The minimum absolute atomic E-state index is 0.129. The van der Waals surface area contributed by atoms with Gasteiger partial charge in [0.1, 0.15) is 0 Å². The fourth-order valence-electron chi connectivity index (χ4n) is 3.61. The smallest absolute Gasteiger partial charge is 0.196 e. The highest BCUT2D eigenvalue weighted by Gasteiger charge is 2.41. The average molecular weight is 299 g/mol. The van der Waals surface area contributed by atoms with Gasteiger partial charge in [0, 0.05) is 12.2 Å². The maximum absolute atomic E-state index is 8.37. The topological polar surface area (TPSA) is 39.1 Å². The number of hydrogen-bond donors (Lipinski definition) is 2. The second-order valence-electron chi connectivity index (χ2n) is 7.00. The third-order valence-corrected chi connectivity index (χ3v) is 4.44. The van der Waals surface area contributed by atoms with Crippen molar-refractivity contribution in [1.82, 2.24) is 10.2 Å². The van der Waals surface area contributed by atoms with E-state index in [2.05, 4.69) is 75.2 Å². The van der Waals surface area contributed by atoms with Crippen LogP contribution >= 0.6 is 0 Å². The van der Waals surface area contributed by atoms with Crippen molar-refractivity contribution in [2.45, 2.75) is 52.5 Å². The van der Waals surface area contributed by atoms with E-state index in [9.17, 15) is 0 Å². The molecule has 3 nitrogen and oxygen atoms in total. The molecular formula is C19H29N3. The Labute approximate surface area is 134 Å². The highest BCUT2D eigenvalue weighted by molar-refractivity contribution is 5.84. The normalized spacial score (nSPS) is 24.9. The van der Waals surface area contributed by atoms with Crippen LogP contribution in [0, 0.1) is 11.3 Å². The van der Waals surface area contributed by atoms with Gasteiger partial charge in [0.15, 0.2) is 5.96 Å². The van der Waals surface area contributed by atoms with Crippen LogP contribution in [-0.2, 0) is 0 Å². The zero-order chi connectivity index (χ0) is 16.3. The second-order valence-corrected chi connectivity index (χ2v) is 7.00. The first kappa shape index (κ1) is 16.6. The van der Waals surface area contributed by atoms with Crippen LogP contribution in [0.1, 0.15) is 52.5 Å². The number of nitrogens with zero attached hydrogens (tertiary/aromatic N) is 1. The molecule has 1 aliphatic rings. The summed E-state index contributed by atoms with van der Waals surface area (Å²) in [4.78, 5) is 2.14. The van der Waals surface area contributed by atoms with E-state index in [1.807, 2.05) is 6.07 Å². The number of nitrogens with one attached hydrogen (secondary N) is 2. The maximum atomic E-state index is 8.37. The van der Waals surface area contributed by atoms with E-state index in [-0.39, 0.29) is 5.54 Å². The summed E-state index contributed by atoms with van der Waals surface area (Å²) < 4.78 is 0. The molecule has 1 aromatic rings. The Morgan fingerprint density at radius 3 is 2.41 bits per heavy atom. The summed E-state index contributed by atoms with van der Waals surface area (Å²) in [5.41, 5.74) is 2.42. The monoisotopic (exact) mass is 299 g/mol. The lowest BCUT2D eigenvalue weighted by atomic mass is 9.88. The molecule has 3 heteroatoms. The fraction of sp³-hybridized carbons (Fsp3) is 0.526. The van der Waals surface area contributed by atoms with Gasteiger partial charge in [-0.3, -0.25) is 5.41 Å². The standard InChI is InChI=1S/C19H29N3/c1-6-17-19(5,12-14(2)3)21-18(20)22(17)13-15(4)16-10-8-7-9-11-16/h6-11,14-15H,12-13H2,1-5H3,(H2,20,21). The summed E-state index contributed by atoms with van der Waals surface area (Å²) in [5.74, 6) is 1.51. The van der Waals surface area contributed by atoms with Crippen molar-refractivity contribution < 1.29 is 0 Å². The van der Waals surface area contributed by atoms with Gasteiger partial charge in [0.25, 0.3) is 0 Å². The molecule has 0 spiro atoms. The summed E-state index contributed by atoms with van der Waals surface area (Å²) in [6.45, 7) is 11.8. The molecule has 2 atom stereocenters. The van der Waals surface area contributed by atoms with E-state index in [0.29, 0.717) is 17.8 Å². The minimum Gasteiger partial charge on any atom is -0.345 e. The quantitative estimate of drug-likeness (QED) is 0.849. The van der Waals surface area contributed by atoms with Crippen molar-refractivity contribution in [2.24, 2.45) is 5.92 Å². The van der Waals surface area contributed by atoms with E-state index < -0.39 is 0 Å². The van der Waals surface area contributed by atoms with E-state index >= 15 is 0 Å². The van der Waals surface area contributed by atoms with Crippen molar-refractivity contribution in [3.8, 4) is 0 Å². The molecule has 1 aliphatic heterocycles. The molecular weight excluding hydrogens is 270 g/mol. The minimum atomic E-state index is -0.129. The van der Waals surface area contributed by atoms with Crippen LogP contribution in [0.2, 0.25) is 0 Å². The lowest BCUT2D eigenvalue weighted by Crippen LogP contribution is -2.40. The molecule has 1 aromatic carbocycles. The lowest BCUT2D eigenvalue weighted by molar-refractivity contribution is 0.365. The Morgan fingerprint density at radius 1 is 1.23 bits per heavy atom. The molecule has 0 amide bonds. The first-order chi connectivity index (χ1) is 10.4. The zero-order valence-corrected chi connectivity index (χ0v) is 14.5. The second kappa shape index (κ2) is 6.55. The Bertz CT molecular complexity index is 547. The van der Waals surface area contributed by atoms with Gasteiger partial charge in [-0.25, -0.2) is 0 Å². The van der Waals surface area contributed by atoms with E-state index in [1.54, 1.807) is 0 Å². The van der Waals surface area contributed by atoms with E-state index in [0.717, 1.165) is 13.0 Å². The average Bonchev–Trinajstić information content (AvgIpc) is 2.68. The lowest BCUT2D eigenvalue weighted by Gasteiger charge is -2.30. The molecule has 2 unspecified atom stereocenters. The third kappa shape index (κ3) is 3.34. The zero-order valence-electron chi connectivity index (χ0n) is 14.5. The molecule has 1 fully saturated rings. The van der Waals surface area contributed by atoms with Crippen LogP contribution < -0.4 is 5.32 Å². The number of benzene rings is 1. The van der Waals surface area contributed by atoms with Gasteiger partial charge in [0.05, 0.1) is 5.54 Å². The molecule has 2 rings (SSSR count). The molecule has 1 heterocycles. The van der Waals surface area contributed by atoms with Gasteiger partial charge in [0.2, 0.25) is 0 Å². The predicted octanol–water partition coefficient (Wildman–Crippen LogP) is 4.34. The summed E-state index contributed by atoms with van der Waals surface area (Å²) >= 11 is 0. The van der Waals surface area contributed by atoms with Gasteiger partial charge in [-0.1, -0.05) is 57.2 Å². The molecule has 0 aliphatic carbocycles. The fourth-order valence-corrected chi connectivity index (χ4v) is 3.61. The molecule has 0 bridgehead atoms. The summed E-state index contributed by atoms with van der Waals surface area (Å²) in [7, 11) is 0. The van der Waals surface area contributed by atoms with Crippen LogP contribution in [0.4, 0.5) is 0 Å². The van der Waals surface area contributed by atoms with E-state index in [4.69, 9.17) is 5.41 Å². The van der Waals surface area contributed by atoms with Crippen molar-refractivity contribution in [2.75, 3.05) is 6.54 Å². The Hall–Kier alpha value is -1.77. The Balaban J connectivity index is 2.19. The molecule has 0 radical (unpaired) electrons. The number of guanidine groups is 1. The van der Waals surface area contributed by atoms with Crippen LogP contribution in [0.25, 0.3) is 0 Å². The molecule has 1 saturated heterocycles. The van der Waals surface area contributed by atoms with Crippen molar-refractivity contribution in [3.63, 3.8) is 0 Å². The highest BCUT2D eigenvalue weighted by atomic mass is 15.4. The van der Waals surface area contributed by atoms with Crippen molar-refractivity contribution in [3.05, 3.63) is 47.7 Å². The largest absolute Gasteiger partial charge is 0.345 e. The van der Waals surface area contributed by atoms with Gasteiger partial charge in [-0.05, 0) is 37.7 Å². The predicted molar refractivity (Wildman–Crippen MR) is 94.0 cm³/mol. The van der Waals surface area contributed by atoms with Crippen molar-refractivity contribution >= 4 is 5.96 Å². The van der Waals surface area contributed by atoms with Crippen LogP contribution in [0.5, 0.6) is 0 Å². The number of hydrogen-bond acceptors (Lipinski definition) is 1. The summed E-state index contributed by atoms with van der Waals surface area (Å²) in [6.07, 6.45) is 3.19. The van der Waals surface area contributed by atoms with Crippen LogP contribution in [0.15, 0.2) is 42.1 Å². The number of rotatable bonds is 5. The van der Waals surface area contributed by atoms with Crippen LogP contribution in [0.3, 0.4) is 0 Å². The first-order valence-corrected chi connectivity index (χ1v) is 8.23. The van der Waals surface area contributed by atoms with Gasteiger partial charge >= 0.3 is 0 Å². The van der Waals surface area contributed by atoms with Gasteiger partial charge in [-0.2, -0.15) is 0 Å². The first-order valence-electron chi connectivity index (χ1n) is 8.23. The molecule has 120 valence electrons. The highest BCUT2D eigenvalue weighted by Crippen LogP contribution is 2.34. The SMILES string of the molecule is CC=C1N(CC(C)c2ccccc2)C(=N)NC1(C)CC(C)C. The molecule has 0 aromatic heterocycles. The molecule has 0 saturated carbocycles. The van der Waals surface area contributed by atoms with Crippen molar-refractivity contribution in [1.29, 1.82) is 5.41 Å². The number of allylic oxidation sites excluding steroid dienone is 1.